The van der Waals surface area contributed by atoms with Crippen LogP contribution >= 0.6 is 0 Å². The van der Waals surface area contributed by atoms with Gasteiger partial charge in [0.15, 0.2) is 0 Å². The van der Waals surface area contributed by atoms with E-state index in [0.717, 1.165) is 30.3 Å². The zero-order valence-corrected chi connectivity index (χ0v) is 10.6. The Balaban J connectivity index is 1.51. The molecule has 1 heterocycles. The monoisotopic (exact) mass is 222 g/mol. The fraction of sp³-hybridized carbons (Fsp3) is 1.00. The predicted molar refractivity (Wildman–Crippen MR) is 67.5 cm³/mol. The second-order valence-corrected chi connectivity index (χ2v) is 6.12. The number of nitrogens with one attached hydrogen (secondary N) is 1. The number of hydrogen-bond acceptors (Lipinski definition) is 2. The standard InChI is InChI=1S/C14H26N2/c1-2-15-9-11-7-8-16(10-11)14(12-3-4-12)13-5-6-13/h11-15H,2-10H2,1H3. The molecule has 1 aliphatic heterocycles. The van der Waals surface area contributed by atoms with Crippen molar-refractivity contribution in [3.8, 4) is 0 Å². The first-order chi connectivity index (χ1) is 7.88. The summed E-state index contributed by atoms with van der Waals surface area (Å²) in [5.41, 5.74) is 0. The van der Waals surface area contributed by atoms with E-state index in [-0.39, 0.29) is 0 Å². The Bertz CT molecular complexity index is 221. The first-order valence-corrected chi connectivity index (χ1v) is 7.33. The lowest BCUT2D eigenvalue weighted by Gasteiger charge is -2.28. The topological polar surface area (TPSA) is 15.3 Å². The van der Waals surface area contributed by atoms with Gasteiger partial charge in [-0.2, -0.15) is 0 Å². The molecule has 0 aromatic heterocycles. The number of rotatable bonds is 6. The zero-order chi connectivity index (χ0) is 11.0. The Hall–Kier alpha value is -0.0800. The molecule has 2 nitrogen and oxygen atoms in total. The Morgan fingerprint density at radius 3 is 2.38 bits per heavy atom. The summed E-state index contributed by atoms with van der Waals surface area (Å²) in [5, 5.41) is 3.51. The van der Waals surface area contributed by atoms with Gasteiger partial charge in [0.25, 0.3) is 0 Å². The molecule has 92 valence electrons. The van der Waals surface area contributed by atoms with Gasteiger partial charge in [0, 0.05) is 12.6 Å². The van der Waals surface area contributed by atoms with Crippen molar-refractivity contribution in [2.75, 3.05) is 26.2 Å². The molecule has 2 heteroatoms. The van der Waals surface area contributed by atoms with Crippen LogP contribution in [-0.2, 0) is 0 Å². The molecule has 0 amide bonds. The van der Waals surface area contributed by atoms with Gasteiger partial charge >= 0.3 is 0 Å². The molecular weight excluding hydrogens is 196 g/mol. The van der Waals surface area contributed by atoms with E-state index in [1.54, 1.807) is 0 Å². The van der Waals surface area contributed by atoms with Crippen molar-refractivity contribution in [3.05, 3.63) is 0 Å². The second-order valence-electron chi connectivity index (χ2n) is 6.12. The van der Waals surface area contributed by atoms with Crippen LogP contribution in [-0.4, -0.2) is 37.1 Å². The third-order valence-corrected chi connectivity index (χ3v) is 4.63. The van der Waals surface area contributed by atoms with E-state index in [0.29, 0.717) is 0 Å². The van der Waals surface area contributed by atoms with Crippen molar-refractivity contribution in [1.29, 1.82) is 0 Å². The Morgan fingerprint density at radius 1 is 1.12 bits per heavy atom. The fourth-order valence-electron chi connectivity index (χ4n) is 3.51. The van der Waals surface area contributed by atoms with E-state index in [1.807, 2.05) is 0 Å². The van der Waals surface area contributed by atoms with Crippen LogP contribution in [0.3, 0.4) is 0 Å². The minimum absolute atomic E-state index is 0.931. The first kappa shape index (κ1) is 11.0. The van der Waals surface area contributed by atoms with Gasteiger partial charge in [0.05, 0.1) is 0 Å². The zero-order valence-electron chi connectivity index (χ0n) is 10.6. The Morgan fingerprint density at radius 2 is 1.81 bits per heavy atom. The van der Waals surface area contributed by atoms with E-state index in [4.69, 9.17) is 0 Å². The van der Waals surface area contributed by atoms with Crippen molar-refractivity contribution in [1.82, 2.24) is 10.2 Å². The predicted octanol–water partition coefficient (Wildman–Crippen LogP) is 2.11. The molecule has 0 spiro atoms. The van der Waals surface area contributed by atoms with Gasteiger partial charge in [0.1, 0.15) is 0 Å². The highest BCUT2D eigenvalue weighted by molar-refractivity contribution is 4.99. The van der Waals surface area contributed by atoms with Crippen molar-refractivity contribution < 1.29 is 0 Å². The molecule has 16 heavy (non-hydrogen) atoms. The number of hydrogen-bond donors (Lipinski definition) is 1. The molecule has 1 atom stereocenters. The summed E-state index contributed by atoms with van der Waals surface area (Å²) in [6.07, 6.45) is 7.53. The lowest BCUT2D eigenvalue weighted by atomic mass is 10.1. The molecule has 0 aromatic carbocycles. The third kappa shape index (κ3) is 2.43. The van der Waals surface area contributed by atoms with Gasteiger partial charge in [-0.1, -0.05) is 6.92 Å². The quantitative estimate of drug-likeness (QED) is 0.740. The Labute approximate surface area is 99.8 Å². The van der Waals surface area contributed by atoms with Gasteiger partial charge in [-0.25, -0.2) is 0 Å². The molecular formula is C14H26N2. The SMILES string of the molecule is CCNCC1CCN(C(C2CC2)C2CC2)C1. The van der Waals surface area contributed by atoms with Crippen LogP contribution in [0.25, 0.3) is 0 Å². The van der Waals surface area contributed by atoms with Crippen molar-refractivity contribution in [2.24, 2.45) is 17.8 Å². The van der Waals surface area contributed by atoms with E-state index >= 15 is 0 Å². The first-order valence-electron chi connectivity index (χ1n) is 7.33. The summed E-state index contributed by atoms with van der Waals surface area (Å²) in [7, 11) is 0. The molecule has 3 fully saturated rings. The highest BCUT2D eigenvalue weighted by atomic mass is 15.2. The van der Waals surface area contributed by atoms with E-state index in [1.165, 1.54) is 51.7 Å². The van der Waals surface area contributed by atoms with Crippen LogP contribution in [0.15, 0.2) is 0 Å². The maximum Gasteiger partial charge on any atom is 0.0152 e. The average molecular weight is 222 g/mol. The van der Waals surface area contributed by atoms with E-state index < -0.39 is 0 Å². The molecule has 0 bridgehead atoms. The van der Waals surface area contributed by atoms with Gasteiger partial charge in [0.2, 0.25) is 0 Å². The molecule has 3 rings (SSSR count). The highest BCUT2D eigenvalue weighted by Crippen LogP contribution is 2.48. The summed E-state index contributed by atoms with van der Waals surface area (Å²) in [6, 6.07) is 0.992. The van der Waals surface area contributed by atoms with Crippen molar-refractivity contribution >= 4 is 0 Å². The fourth-order valence-corrected chi connectivity index (χ4v) is 3.51. The lowest BCUT2D eigenvalue weighted by molar-refractivity contribution is 0.187. The third-order valence-electron chi connectivity index (χ3n) is 4.63. The van der Waals surface area contributed by atoms with Crippen LogP contribution in [0.5, 0.6) is 0 Å². The van der Waals surface area contributed by atoms with E-state index in [2.05, 4.69) is 17.1 Å². The largest absolute Gasteiger partial charge is 0.317 e. The van der Waals surface area contributed by atoms with Gasteiger partial charge in [-0.3, -0.25) is 4.90 Å². The molecule has 0 aromatic rings. The normalized spacial score (nSPS) is 31.5. The molecule has 3 aliphatic rings. The van der Waals surface area contributed by atoms with Crippen LogP contribution < -0.4 is 5.32 Å². The minimum Gasteiger partial charge on any atom is -0.317 e. The molecule has 0 radical (unpaired) electrons. The minimum atomic E-state index is 0.931. The van der Waals surface area contributed by atoms with Gasteiger partial charge in [-0.05, 0) is 69.5 Å². The van der Waals surface area contributed by atoms with Crippen LogP contribution in [0.4, 0.5) is 0 Å². The molecule has 2 aliphatic carbocycles. The summed E-state index contributed by atoms with van der Waals surface area (Å²) >= 11 is 0. The molecule has 1 saturated heterocycles. The summed E-state index contributed by atoms with van der Waals surface area (Å²) in [5.74, 6) is 3.11. The lowest BCUT2D eigenvalue weighted by Crippen LogP contribution is -2.37. The smallest absolute Gasteiger partial charge is 0.0152 e. The average Bonchev–Trinajstić information content (AvgIpc) is 3.18. The summed E-state index contributed by atoms with van der Waals surface area (Å²) in [6.45, 7) is 7.35. The number of nitrogens with zero attached hydrogens (tertiary/aromatic N) is 1. The molecule has 1 unspecified atom stereocenters. The van der Waals surface area contributed by atoms with Crippen molar-refractivity contribution in [3.63, 3.8) is 0 Å². The summed E-state index contributed by atoms with van der Waals surface area (Å²) < 4.78 is 0. The maximum absolute atomic E-state index is 3.51. The highest BCUT2D eigenvalue weighted by Gasteiger charge is 2.45. The summed E-state index contributed by atoms with van der Waals surface area (Å²) in [4.78, 5) is 2.84. The van der Waals surface area contributed by atoms with Gasteiger partial charge < -0.3 is 5.32 Å². The maximum atomic E-state index is 3.51. The van der Waals surface area contributed by atoms with Crippen LogP contribution in [0.2, 0.25) is 0 Å². The van der Waals surface area contributed by atoms with Crippen molar-refractivity contribution in [2.45, 2.75) is 45.1 Å². The number of likely N-dealkylation sites (tertiary alicyclic amines) is 1. The van der Waals surface area contributed by atoms with Crippen LogP contribution in [0, 0.1) is 17.8 Å². The van der Waals surface area contributed by atoms with E-state index in [9.17, 15) is 0 Å². The van der Waals surface area contributed by atoms with Crippen LogP contribution in [0.1, 0.15) is 39.0 Å². The molecule has 2 saturated carbocycles. The molecule has 1 N–H and O–H groups in total. The Kier molecular flexibility index (Phi) is 3.21. The van der Waals surface area contributed by atoms with Gasteiger partial charge in [-0.15, -0.1) is 0 Å². The second kappa shape index (κ2) is 4.66.